The van der Waals surface area contributed by atoms with Crippen LogP contribution < -0.4 is 5.32 Å². The molecule has 0 unspecified atom stereocenters. The first kappa shape index (κ1) is 14.9. The number of nitrogens with zero attached hydrogens (tertiary/aromatic N) is 1. The molecule has 0 saturated heterocycles. The van der Waals surface area contributed by atoms with E-state index in [0.29, 0.717) is 11.3 Å². The van der Waals surface area contributed by atoms with Gasteiger partial charge in [-0.25, -0.2) is 4.98 Å². The highest BCUT2D eigenvalue weighted by Gasteiger charge is 2.39. The van der Waals surface area contributed by atoms with Gasteiger partial charge in [0.25, 0.3) is 0 Å². The van der Waals surface area contributed by atoms with E-state index < -0.39 is 0 Å². The second kappa shape index (κ2) is 6.17. The molecule has 17 heavy (non-hydrogen) atoms. The molecule has 0 aromatic carbocycles. The summed E-state index contributed by atoms with van der Waals surface area (Å²) in [5, 5.41) is 7.00. The Morgan fingerprint density at radius 2 is 2.18 bits per heavy atom. The molecule has 1 aliphatic rings. The number of nitrogens with one attached hydrogen (secondary N) is 1. The summed E-state index contributed by atoms with van der Waals surface area (Å²) in [5.41, 5.74) is 1.84. The van der Waals surface area contributed by atoms with Crippen molar-refractivity contribution < 1.29 is 0 Å². The number of hydrogen-bond donors (Lipinski definition) is 1. The fraction of sp³-hybridized carbons (Fsp3) is 0.769. The van der Waals surface area contributed by atoms with Crippen molar-refractivity contribution in [3.05, 3.63) is 16.1 Å². The smallest absolute Gasteiger partial charge is 0.0954 e. The molecule has 1 N–H and O–H groups in total. The van der Waals surface area contributed by atoms with Gasteiger partial charge in [0.1, 0.15) is 0 Å². The minimum atomic E-state index is 0. The van der Waals surface area contributed by atoms with Gasteiger partial charge in [-0.05, 0) is 24.7 Å². The maximum atomic E-state index is 4.63. The first-order valence-corrected chi connectivity index (χ1v) is 7.18. The van der Waals surface area contributed by atoms with E-state index in [4.69, 9.17) is 0 Å². The van der Waals surface area contributed by atoms with Crippen LogP contribution in [0.2, 0.25) is 0 Å². The lowest BCUT2D eigenvalue weighted by Crippen LogP contribution is -2.23. The van der Waals surface area contributed by atoms with Gasteiger partial charge in [-0.1, -0.05) is 20.8 Å². The zero-order valence-electron chi connectivity index (χ0n) is 11.0. The average Bonchev–Trinajstić information content (AvgIpc) is 2.88. The number of aromatic nitrogens is 1. The van der Waals surface area contributed by atoms with Crippen molar-refractivity contribution in [2.24, 2.45) is 5.41 Å². The largest absolute Gasteiger partial charge is 0.311 e. The monoisotopic (exact) mass is 274 g/mol. The molecule has 0 atom stereocenters. The number of thiazole rings is 1. The maximum absolute atomic E-state index is 4.63. The number of hydrogen-bond acceptors (Lipinski definition) is 3. The van der Waals surface area contributed by atoms with Crippen LogP contribution >= 0.6 is 23.7 Å². The molecule has 1 aromatic heterocycles. The Hall–Kier alpha value is -0.120. The van der Waals surface area contributed by atoms with E-state index in [1.807, 2.05) is 0 Å². The van der Waals surface area contributed by atoms with Crippen molar-refractivity contribution in [1.82, 2.24) is 10.3 Å². The summed E-state index contributed by atoms with van der Waals surface area (Å²) in [5.74, 6) is 0.559. The molecular weight excluding hydrogens is 252 g/mol. The first-order valence-electron chi connectivity index (χ1n) is 6.30. The van der Waals surface area contributed by atoms with Crippen LogP contribution in [0, 0.1) is 5.41 Å². The van der Waals surface area contributed by atoms with Crippen molar-refractivity contribution in [3.63, 3.8) is 0 Å². The van der Waals surface area contributed by atoms with Gasteiger partial charge in [0.15, 0.2) is 0 Å². The van der Waals surface area contributed by atoms with Gasteiger partial charge < -0.3 is 5.32 Å². The van der Waals surface area contributed by atoms with Gasteiger partial charge in [-0.15, -0.1) is 23.7 Å². The van der Waals surface area contributed by atoms with E-state index >= 15 is 0 Å². The van der Waals surface area contributed by atoms with Crippen LogP contribution in [-0.4, -0.2) is 11.5 Å². The van der Waals surface area contributed by atoms with Crippen molar-refractivity contribution in [3.8, 4) is 0 Å². The molecule has 0 aliphatic heterocycles. The molecule has 98 valence electrons. The molecule has 0 bridgehead atoms. The molecule has 2 rings (SSSR count). The highest BCUT2D eigenvalue weighted by molar-refractivity contribution is 7.09. The molecule has 0 amide bonds. The Bertz CT molecular complexity index is 345. The van der Waals surface area contributed by atoms with E-state index in [1.54, 1.807) is 11.3 Å². The van der Waals surface area contributed by atoms with Crippen molar-refractivity contribution in [1.29, 1.82) is 0 Å². The molecule has 0 spiro atoms. The van der Waals surface area contributed by atoms with Gasteiger partial charge >= 0.3 is 0 Å². The summed E-state index contributed by atoms with van der Waals surface area (Å²) in [6.45, 7) is 8.80. The predicted molar refractivity (Wildman–Crippen MR) is 77.1 cm³/mol. The van der Waals surface area contributed by atoms with Gasteiger partial charge in [0.05, 0.1) is 10.7 Å². The molecular formula is C13H23ClN2S. The molecule has 1 aliphatic carbocycles. The van der Waals surface area contributed by atoms with Crippen molar-refractivity contribution in [2.75, 3.05) is 6.54 Å². The fourth-order valence-electron chi connectivity index (χ4n) is 1.96. The van der Waals surface area contributed by atoms with Crippen LogP contribution in [-0.2, 0) is 6.54 Å². The van der Waals surface area contributed by atoms with E-state index in [0.717, 1.165) is 13.1 Å². The summed E-state index contributed by atoms with van der Waals surface area (Å²) in [6.07, 6.45) is 4.13. The molecule has 1 fully saturated rings. The van der Waals surface area contributed by atoms with Crippen LogP contribution in [0.3, 0.4) is 0 Å². The van der Waals surface area contributed by atoms with Crippen LogP contribution in [0.15, 0.2) is 5.38 Å². The second-order valence-corrected chi connectivity index (χ2v) is 6.18. The summed E-state index contributed by atoms with van der Waals surface area (Å²) < 4.78 is 0. The lowest BCUT2D eigenvalue weighted by Gasteiger charge is -2.12. The van der Waals surface area contributed by atoms with Crippen molar-refractivity contribution in [2.45, 2.75) is 52.5 Å². The third-order valence-electron chi connectivity index (χ3n) is 3.58. The third-order valence-corrected chi connectivity index (χ3v) is 4.77. The molecule has 4 heteroatoms. The summed E-state index contributed by atoms with van der Waals surface area (Å²) >= 11 is 1.79. The van der Waals surface area contributed by atoms with Crippen LogP contribution in [0.1, 0.15) is 56.7 Å². The highest BCUT2D eigenvalue weighted by Crippen LogP contribution is 2.47. The van der Waals surface area contributed by atoms with Crippen LogP contribution in [0.25, 0.3) is 0 Å². The molecule has 2 nitrogen and oxygen atoms in total. The van der Waals surface area contributed by atoms with E-state index in [9.17, 15) is 0 Å². The van der Waals surface area contributed by atoms with Crippen LogP contribution in [0.5, 0.6) is 0 Å². The zero-order chi connectivity index (χ0) is 11.6. The maximum Gasteiger partial charge on any atom is 0.0954 e. The van der Waals surface area contributed by atoms with Gasteiger partial charge in [-0.3, -0.25) is 0 Å². The first-order chi connectivity index (χ1) is 7.65. The predicted octanol–water partition coefficient (Wildman–Crippen LogP) is 3.97. The lowest BCUT2D eigenvalue weighted by molar-refractivity contribution is 0.442. The Balaban J connectivity index is 0.00000144. The van der Waals surface area contributed by atoms with Gasteiger partial charge in [0.2, 0.25) is 0 Å². The zero-order valence-corrected chi connectivity index (χ0v) is 12.6. The number of rotatable bonds is 6. The lowest BCUT2D eigenvalue weighted by atomic mass is 10.0. The Labute approximate surface area is 115 Å². The normalized spacial score (nSPS) is 16.9. The topological polar surface area (TPSA) is 24.9 Å². The minimum Gasteiger partial charge on any atom is -0.311 e. The summed E-state index contributed by atoms with van der Waals surface area (Å²) in [6, 6.07) is 0. The molecule has 1 saturated carbocycles. The Morgan fingerprint density at radius 1 is 1.47 bits per heavy atom. The minimum absolute atomic E-state index is 0. The molecule has 1 aromatic rings. The fourth-order valence-corrected chi connectivity index (χ4v) is 2.79. The van der Waals surface area contributed by atoms with Crippen molar-refractivity contribution >= 4 is 23.7 Å². The van der Waals surface area contributed by atoms with E-state index in [-0.39, 0.29) is 12.4 Å². The van der Waals surface area contributed by atoms with Crippen LogP contribution in [0.4, 0.5) is 0 Å². The van der Waals surface area contributed by atoms with E-state index in [2.05, 4.69) is 36.5 Å². The average molecular weight is 275 g/mol. The highest BCUT2D eigenvalue weighted by atomic mass is 35.5. The van der Waals surface area contributed by atoms with E-state index in [1.165, 1.54) is 30.0 Å². The number of halogens is 1. The standard InChI is InChI=1S/C13H22N2S.ClH/c1-4-13(5-6-13)9-14-7-11-8-16-12(15-11)10(2)3;/h8,10,14H,4-7,9H2,1-3H3;1H. The van der Waals surface area contributed by atoms with Gasteiger partial charge in [-0.2, -0.15) is 0 Å². The molecule has 0 radical (unpaired) electrons. The second-order valence-electron chi connectivity index (χ2n) is 5.29. The van der Waals surface area contributed by atoms with Gasteiger partial charge in [0, 0.05) is 24.4 Å². The third kappa shape index (κ3) is 3.94. The summed E-state index contributed by atoms with van der Waals surface area (Å²) in [7, 11) is 0. The molecule has 1 heterocycles. The Kier molecular flexibility index (Phi) is 5.42. The quantitative estimate of drug-likeness (QED) is 0.849. The summed E-state index contributed by atoms with van der Waals surface area (Å²) in [4.78, 5) is 4.63. The SMILES string of the molecule is CCC1(CNCc2csc(C(C)C)n2)CC1.Cl. The Morgan fingerprint density at radius 3 is 2.65 bits per heavy atom.